The fourth-order valence-electron chi connectivity index (χ4n) is 1.59. The number of hydrogen-bond donors (Lipinski definition) is 1. The van der Waals surface area contributed by atoms with Gasteiger partial charge in [0, 0.05) is 6.04 Å². The maximum Gasteiger partial charge on any atom is 0.0637 e. The smallest absolute Gasteiger partial charge is 0.0637 e. The van der Waals surface area contributed by atoms with E-state index in [1.807, 2.05) is 12.1 Å². The highest BCUT2D eigenvalue weighted by atomic mass is 35.5. The number of nitrogens with one attached hydrogen (secondary N) is 1. The van der Waals surface area contributed by atoms with Gasteiger partial charge in [-0.1, -0.05) is 17.7 Å². The van der Waals surface area contributed by atoms with Crippen LogP contribution in [0.15, 0.2) is 35.0 Å². The molecule has 0 spiro atoms. The minimum Gasteiger partial charge on any atom is -0.377 e. The largest absolute Gasteiger partial charge is 0.377 e. The number of anilines is 1. The van der Waals surface area contributed by atoms with Crippen LogP contribution in [-0.2, 0) is 0 Å². The summed E-state index contributed by atoms with van der Waals surface area (Å²) in [7, 11) is 0. The normalized spacial score (nSPS) is 12.4. The summed E-state index contributed by atoms with van der Waals surface area (Å²) in [6, 6.07) is 8.44. The van der Waals surface area contributed by atoms with Crippen LogP contribution >= 0.6 is 22.9 Å². The number of thiophene rings is 1. The lowest BCUT2D eigenvalue weighted by atomic mass is 10.1. The van der Waals surface area contributed by atoms with Crippen molar-refractivity contribution in [2.75, 3.05) is 5.32 Å². The second-order valence-corrected chi connectivity index (χ2v) is 5.09. The van der Waals surface area contributed by atoms with E-state index in [1.165, 1.54) is 11.1 Å². The average Bonchev–Trinajstić information content (AvgIpc) is 2.76. The van der Waals surface area contributed by atoms with Gasteiger partial charge >= 0.3 is 0 Å². The van der Waals surface area contributed by atoms with Crippen molar-refractivity contribution in [2.24, 2.45) is 0 Å². The van der Waals surface area contributed by atoms with Crippen LogP contribution in [0.1, 0.15) is 24.1 Å². The van der Waals surface area contributed by atoms with Crippen LogP contribution in [0.4, 0.5) is 5.69 Å². The van der Waals surface area contributed by atoms with Crippen molar-refractivity contribution in [2.45, 2.75) is 19.9 Å². The maximum atomic E-state index is 6.14. The summed E-state index contributed by atoms with van der Waals surface area (Å²) < 4.78 is 0. The van der Waals surface area contributed by atoms with E-state index in [0.29, 0.717) is 0 Å². The van der Waals surface area contributed by atoms with Crippen molar-refractivity contribution in [3.63, 3.8) is 0 Å². The topological polar surface area (TPSA) is 12.0 Å². The molecule has 0 saturated heterocycles. The molecule has 0 fully saturated rings. The lowest BCUT2D eigenvalue weighted by molar-refractivity contribution is 0.890. The van der Waals surface area contributed by atoms with E-state index in [4.69, 9.17) is 11.6 Å². The molecule has 0 radical (unpaired) electrons. The fourth-order valence-corrected chi connectivity index (χ4v) is 2.51. The number of halogens is 1. The number of aryl methyl sites for hydroxylation is 1. The molecule has 1 heterocycles. The highest BCUT2D eigenvalue weighted by Crippen LogP contribution is 2.27. The van der Waals surface area contributed by atoms with Gasteiger partial charge in [0.25, 0.3) is 0 Å². The zero-order chi connectivity index (χ0) is 11.5. The Morgan fingerprint density at radius 2 is 2.12 bits per heavy atom. The molecule has 3 heteroatoms. The van der Waals surface area contributed by atoms with Crippen molar-refractivity contribution in [1.29, 1.82) is 0 Å². The SMILES string of the molecule is Cc1ccc(Cl)c(NC(C)c2ccsc2)c1. The molecule has 2 rings (SSSR count). The van der Waals surface area contributed by atoms with Gasteiger partial charge in [-0.15, -0.1) is 0 Å². The molecular formula is C13H14ClNS. The molecule has 0 amide bonds. The summed E-state index contributed by atoms with van der Waals surface area (Å²) in [5.74, 6) is 0. The first-order valence-corrected chi connectivity index (χ1v) is 6.53. The molecule has 1 N–H and O–H groups in total. The second-order valence-electron chi connectivity index (χ2n) is 3.91. The summed E-state index contributed by atoms with van der Waals surface area (Å²) in [5, 5.41) is 8.44. The van der Waals surface area contributed by atoms with Crippen molar-refractivity contribution >= 4 is 28.6 Å². The number of benzene rings is 1. The van der Waals surface area contributed by atoms with Gasteiger partial charge in [0.2, 0.25) is 0 Å². The third-order valence-electron chi connectivity index (χ3n) is 2.54. The Morgan fingerprint density at radius 3 is 2.81 bits per heavy atom. The predicted molar refractivity (Wildman–Crippen MR) is 72.5 cm³/mol. The quantitative estimate of drug-likeness (QED) is 0.820. The van der Waals surface area contributed by atoms with E-state index in [1.54, 1.807) is 11.3 Å². The Bertz CT molecular complexity index is 465. The summed E-state index contributed by atoms with van der Waals surface area (Å²) in [4.78, 5) is 0. The molecule has 2 aromatic rings. The molecule has 0 aliphatic carbocycles. The van der Waals surface area contributed by atoms with Crippen LogP contribution in [0.5, 0.6) is 0 Å². The first-order chi connectivity index (χ1) is 7.66. The van der Waals surface area contributed by atoms with Gasteiger partial charge in [0.05, 0.1) is 10.7 Å². The van der Waals surface area contributed by atoms with Crippen LogP contribution in [0.2, 0.25) is 5.02 Å². The lowest BCUT2D eigenvalue weighted by Gasteiger charge is -2.15. The van der Waals surface area contributed by atoms with Crippen molar-refractivity contribution in [1.82, 2.24) is 0 Å². The monoisotopic (exact) mass is 251 g/mol. The van der Waals surface area contributed by atoms with Crippen molar-refractivity contribution in [3.8, 4) is 0 Å². The minimum absolute atomic E-state index is 0.283. The van der Waals surface area contributed by atoms with Gasteiger partial charge in [-0.3, -0.25) is 0 Å². The Balaban J connectivity index is 2.17. The molecule has 1 aromatic heterocycles. The molecule has 0 saturated carbocycles. The molecule has 84 valence electrons. The fraction of sp³-hybridized carbons (Fsp3) is 0.231. The van der Waals surface area contributed by atoms with Crippen LogP contribution in [0.3, 0.4) is 0 Å². The zero-order valence-electron chi connectivity index (χ0n) is 9.33. The Labute approximate surface area is 105 Å². The summed E-state index contributed by atoms with van der Waals surface area (Å²) in [6.07, 6.45) is 0. The minimum atomic E-state index is 0.283. The average molecular weight is 252 g/mol. The van der Waals surface area contributed by atoms with E-state index in [9.17, 15) is 0 Å². The first kappa shape index (κ1) is 11.5. The zero-order valence-corrected chi connectivity index (χ0v) is 10.9. The van der Waals surface area contributed by atoms with Crippen molar-refractivity contribution < 1.29 is 0 Å². The summed E-state index contributed by atoms with van der Waals surface area (Å²) in [6.45, 7) is 4.21. The van der Waals surface area contributed by atoms with E-state index in [2.05, 4.69) is 42.1 Å². The van der Waals surface area contributed by atoms with E-state index in [-0.39, 0.29) is 6.04 Å². The van der Waals surface area contributed by atoms with Crippen LogP contribution in [-0.4, -0.2) is 0 Å². The first-order valence-electron chi connectivity index (χ1n) is 5.21. The van der Waals surface area contributed by atoms with Gasteiger partial charge < -0.3 is 5.32 Å². The van der Waals surface area contributed by atoms with E-state index < -0.39 is 0 Å². The van der Waals surface area contributed by atoms with Gasteiger partial charge in [0.15, 0.2) is 0 Å². The van der Waals surface area contributed by atoms with Crippen LogP contribution < -0.4 is 5.32 Å². The standard InChI is InChI=1S/C13H14ClNS/c1-9-3-4-12(14)13(7-9)15-10(2)11-5-6-16-8-11/h3-8,10,15H,1-2H3. The van der Waals surface area contributed by atoms with E-state index in [0.717, 1.165) is 10.7 Å². The highest BCUT2D eigenvalue weighted by Gasteiger charge is 2.07. The molecule has 0 aliphatic heterocycles. The molecule has 0 aliphatic rings. The summed E-state index contributed by atoms with van der Waals surface area (Å²) >= 11 is 7.85. The molecule has 1 nitrogen and oxygen atoms in total. The van der Waals surface area contributed by atoms with Gasteiger partial charge in [-0.25, -0.2) is 0 Å². The third kappa shape index (κ3) is 2.57. The molecule has 0 bridgehead atoms. The molecule has 16 heavy (non-hydrogen) atoms. The maximum absolute atomic E-state index is 6.14. The predicted octanol–water partition coefficient (Wildman–Crippen LogP) is 4.88. The molecule has 1 atom stereocenters. The molecule has 1 aromatic carbocycles. The number of rotatable bonds is 3. The van der Waals surface area contributed by atoms with Gasteiger partial charge in [-0.05, 0) is 53.9 Å². The van der Waals surface area contributed by atoms with Crippen molar-refractivity contribution in [3.05, 3.63) is 51.2 Å². The molecule has 1 unspecified atom stereocenters. The second kappa shape index (κ2) is 4.89. The van der Waals surface area contributed by atoms with Gasteiger partial charge in [-0.2, -0.15) is 11.3 Å². The van der Waals surface area contributed by atoms with Crippen LogP contribution in [0.25, 0.3) is 0 Å². The Kier molecular flexibility index (Phi) is 3.52. The highest BCUT2D eigenvalue weighted by molar-refractivity contribution is 7.07. The van der Waals surface area contributed by atoms with Crippen LogP contribution in [0, 0.1) is 6.92 Å². The Hall–Kier alpha value is -0.990. The van der Waals surface area contributed by atoms with E-state index >= 15 is 0 Å². The number of hydrogen-bond acceptors (Lipinski definition) is 2. The Morgan fingerprint density at radius 1 is 1.31 bits per heavy atom. The van der Waals surface area contributed by atoms with Gasteiger partial charge in [0.1, 0.15) is 0 Å². The third-order valence-corrected chi connectivity index (χ3v) is 3.57. The lowest BCUT2D eigenvalue weighted by Crippen LogP contribution is -2.05. The molecular weight excluding hydrogens is 238 g/mol. The summed E-state index contributed by atoms with van der Waals surface area (Å²) in [5.41, 5.74) is 3.51.